The summed E-state index contributed by atoms with van der Waals surface area (Å²) in [5.74, 6) is 2.52. The van der Waals surface area contributed by atoms with Crippen LogP contribution in [0.5, 0.6) is 0 Å². The van der Waals surface area contributed by atoms with Gasteiger partial charge in [-0.1, -0.05) is 31.2 Å². The summed E-state index contributed by atoms with van der Waals surface area (Å²) in [4.78, 5) is 15.8. The number of rotatable bonds is 6. The largest absolute Gasteiger partial charge is 0.274 e. The van der Waals surface area contributed by atoms with E-state index >= 15 is 0 Å². The molecule has 0 unspecified atom stereocenters. The Bertz CT molecular complexity index is 680. The second-order valence-corrected chi connectivity index (χ2v) is 7.16. The SMILES string of the molecule is CCSCc1cc(-c2ccc(C3CC3)cc2)cnc1C(=O)Cl. The van der Waals surface area contributed by atoms with Crippen LogP contribution in [0.1, 0.15) is 47.3 Å². The maximum absolute atomic E-state index is 11.5. The van der Waals surface area contributed by atoms with Crippen molar-refractivity contribution >= 4 is 28.6 Å². The second kappa shape index (κ2) is 6.84. The molecule has 1 aromatic carbocycles. The smallest absolute Gasteiger partial charge is 0.271 e. The predicted octanol–water partition coefficient (Wildman–Crippen LogP) is 5.26. The van der Waals surface area contributed by atoms with Crippen molar-refractivity contribution in [2.45, 2.75) is 31.4 Å². The molecule has 0 aliphatic heterocycles. The third-order valence-electron chi connectivity index (χ3n) is 3.91. The molecule has 1 saturated carbocycles. The van der Waals surface area contributed by atoms with Gasteiger partial charge in [0.1, 0.15) is 5.69 Å². The van der Waals surface area contributed by atoms with E-state index in [1.54, 1.807) is 18.0 Å². The minimum Gasteiger partial charge on any atom is -0.274 e. The first-order chi connectivity index (χ1) is 10.7. The van der Waals surface area contributed by atoms with Crippen molar-refractivity contribution in [3.63, 3.8) is 0 Å². The number of hydrogen-bond acceptors (Lipinski definition) is 3. The van der Waals surface area contributed by atoms with E-state index in [4.69, 9.17) is 11.6 Å². The van der Waals surface area contributed by atoms with E-state index in [-0.39, 0.29) is 0 Å². The average Bonchev–Trinajstić information content (AvgIpc) is 3.37. The highest BCUT2D eigenvalue weighted by molar-refractivity contribution is 7.98. The fraction of sp³-hybridized carbons (Fsp3) is 0.333. The Kier molecular flexibility index (Phi) is 4.84. The van der Waals surface area contributed by atoms with Gasteiger partial charge in [-0.25, -0.2) is 0 Å². The molecule has 2 aromatic rings. The van der Waals surface area contributed by atoms with Gasteiger partial charge in [0.15, 0.2) is 0 Å². The monoisotopic (exact) mass is 331 g/mol. The number of pyridine rings is 1. The van der Waals surface area contributed by atoms with Crippen LogP contribution in [0.15, 0.2) is 36.5 Å². The van der Waals surface area contributed by atoms with Gasteiger partial charge in [0.25, 0.3) is 5.24 Å². The summed E-state index contributed by atoms with van der Waals surface area (Å²) in [7, 11) is 0. The molecule has 0 radical (unpaired) electrons. The Morgan fingerprint density at radius 2 is 2.00 bits per heavy atom. The molecule has 3 rings (SSSR count). The minimum absolute atomic E-state index is 0.376. The van der Waals surface area contributed by atoms with Crippen molar-refractivity contribution in [3.8, 4) is 11.1 Å². The van der Waals surface area contributed by atoms with Gasteiger partial charge >= 0.3 is 0 Å². The van der Waals surface area contributed by atoms with Crippen LogP contribution >= 0.6 is 23.4 Å². The molecule has 114 valence electrons. The van der Waals surface area contributed by atoms with E-state index < -0.39 is 5.24 Å². The Morgan fingerprint density at radius 3 is 2.59 bits per heavy atom. The second-order valence-electron chi connectivity index (χ2n) is 5.54. The molecule has 4 heteroatoms. The summed E-state index contributed by atoms with van der Waals surface area (Å²) in [6.07, 6.45) is 4.36. The molecule has 1 fully saturated rings. The van der Waals surface area contributed by atoms with Gasteiger partial charge < -0.3 is 0 Å². The molecule has 0 atom stereocenters. The normalized spacial score (nSPS) is 14.1. The zero-order chi connectivity index (χ0) is 15.5. The van der Waals surface area contributed by atoms with Crippen molar-refractivity contribution < 1.29 is 4.79 Å². The van der Waals surface area contributed by atoms with Gasteiger partial charge in [-0.15, -0.1) is 0 Å². The van der Waals surface area contributed by atoms with E-state index in [9.17, 15) is 4.79 Å². The number of benzene rings is 1. The Balaban J connectivity index is 1.90. The molecule has 0 bridgehead atoms. The van der Waals surface area contributed by atoms with Gasteiger partial charge in [-0.05, 0) is 58.9 Å². The summed E-state index contributed by atoms with van der Waals surface area (Å²) in [6, 6.07) is 10.7. The first-order valence-electron chi connectivity index (χ1n) is 7.56. The number of carbonyl (C=O) groups excluding carboxylic acids is 1. The van der Waals surface area contributed by atoms with E-state index in [0.29, 0.717) is 5.69 Å². The third-order valence-corrected chi connectivity index (χ3v) is 5.01. The van der Waals surface area contributed by atoms with Crippen molar-refractivity contribution in [2.75, 3.05) is 5.75 Å². The summed E-state index contributed by atoms with van der Waals surface area (Å²) in [5.41, 5.74) is 4.88. The topological polar surface area (TPSA) is 30.0 Å². The maximum Gasteiger partial charge on any atom is 0.271 e. The van der Waals surface area contributed by atoms with Crippen molar-refractivity contribution in [3.05, 3.63) is 53.3 Å². The van der Waals surface area contributed by atoms with E-state index in [2.05, 4.69) is 36.2 Å². The Labute approximate surface area is 140 Å². The van der Waals surface area contributed by atoms with Crippen molar-refractivity contribution in [1.29, 1.82) is 0 Å². The van der Waals surface area contributed by atoms with Crippen LogP contribution in [0.25, 0.3) is 11.1 Å². The molecular weight excluding hydrogens is 314 g/mol. The third kappa shape index (κ3) is 3.53. The van der Waals surface area contributed by atoms with Gasteiger partial charge in [-0.3, -0.25) is 9.78 Å². The zero-order valence-corrected chi connectivity index (χ0v) is 14.1. The minimum atomic E-state index is -0.484. The molecule has 0 spiro atoms. The average molecular weight is 332 g/mol. The molecule has 1 heterocycles. The molecule has 0 saturated heterocycles. The summed E-state index contributed by atoms with van der Waals surface area (Å²) >= 11 is 7.40. The molecule has 22 heavy (non-hydrogen) atoms. The van der Waals surface area contributed by atoms with Crippen LogP contribution < -0.4 is 0 Å². The van der Waals surface area contributed by atoms with Crippen LogP contribution in [0.3, 0.4) is 0 Å². The molecule has 1 aliphatic carbocycles. The van der Waals surface area contributed by atoms with E-state index in [1.165, 1.54) is 18.4 Å². The summed E-state index contributed by atoms with van der Waals surface area (Å²) in [6.45, 7) is 2.10. The lowest BCUT2D eigenvalue weighted by Crippen LogP contribution is -2.01. The van der Waals surface area contributed by atoms with Crippen molar-refractivity contribution in [1.82, 2.24) is 4.98 Å². The van der Waals surface area contributed by atoms with Gasteiger partial charge in [0, 0.05) is 17.5 Å². The highest BCUT2D eigenvalue weighted by Gasteiger charge is 2.23. The lowest BCUT2D eigenvalue weighted by molar-refractivity contribution is 0.107. The van der Waals surface area contributed by atoms with Crippen LogP contribution in [-0.4, -0.2) is 16.0 Å². The zero-order valence-electron chi connectivity index (χ0n) is 12.5. The quantitative estimate of drug-likeness (QED) is 0.676. The molecule has 1 aliphatic rings. The van der Waals surface area contributed by atoms with E-state index in [0.717, 1.165) is 34.1 Å². The number of carbonyl (C=O) groups is 1. The lowest BCUT2D eigenvalue weighted by Gasteiger charge is -2.09. The number of nitrogens with zero attached hydrogens (tertiary/aromatic N) is 1. The lowest BCUT2D eigenvalue weighted by atomic mass is 10.0. The van der Waals surface area contributed by atoms with Gasteiger partial charge in [0.2, 0.25) is 0 Å². The highest BCUT2D eigenvalue weighted by atomic mass is 35.5. The molecule has 2 nitrogen and oxygen atoms in total. The molecule has 1 aromatic heterocycles. The van der Waals surface area contributed by atoms with Crippen LogP contribution in [0, 0.1) is 0 Å². The molecule has 0 amide bonds. The first-order valence-corrected chi connectivity index (χ1v) is 9.09. The molecular formula is C18H18ClNOS. The number of halogens is 1. The first kappa shape index (κ1) is 15.6. The maximum atomic E-state index is 11.5. The van der Waals surface area contributed by atoms with E-state index in [1.807, 2.05) is 6.07 Å². The highest BCUT2D eigenvalue weighted by Crippen LogP contribution is 2.40. The number of hydrogen-bond donors (Lipinski definition) is 0. The van der Waals surface area contributed by atoms with Crippen LogP contribution in [0.4, 0.5) is 0 Å². The van der Waals surface area contributed by atoms with Crippen molar-refractivity contribution in [2.24, 2.45) is 0 Å². The van der Waals surface area contributed by atoms with Crippen LogP contribution in [0.2, 0.25) is 0 Å². The number of aromatic nitrogens is 1. The summed E-state index contributed by atoms with van der Waals surface area (Å²) in [5, 5.41) is -0.484. The Hall–Kier alpha value is -1.32. The Morgan fingerprint density at radius 1 is 1.27 bits per heavy atom. The summed E-state index contributed by atoms with van der Waals surface area (Å²) < 4.78 is 0. The van der Waals surface area contributed by atoms with Crippen LogP contribution in [-0.2, 0) is 5.75 Å². The standard InChI is InChI=1S/C18H18ClNOS/c1-2-22-11-16-9-15(10-20-17(16)18(19)21)14-7-5-13(6-8-14)12-3-4-12/h5-10,12H,2-4,11H2,1H3. The molecule has 0 N–H and O–H groups in total. The number of thioether (sulfide) groups is 1. The van der Waals surface area contributed by atoms with Gasteiger partial charge in [-0.2, -0.15) is 11.8 Å². The fourth-order valence-corrected chi connectivity index (χ4v) is 3.35. The fourth-order valence-electron chi connectivity index (χ4n) is 2.53. The van der Waals surface area contributed by atoms with Gasteiger partial charge in [0.05, 0.1) is 0 Å². The predicted molar refractivity (Wildman–Crippen MR) is 93.7 cm³/mol.